The molecule has 0 unspecified atom stereocenters. The summed E-state index contributed by atoms with van der Waals surface area (Å²) in [6.45, 7) is 0. The molecule has 0 radical (unpaired) electrons. The summed E-state index contributed by atoms with van der Waals surface area (Å²) in [4.78, 5) is 0. The largest absolute Gasteiger partial charge is 0.416 e. The van der Waals surface area contributed by atoms with Gasteiger partial charge >= 0.3 is 7.67 Å². The Bertz CT molecular complexity index is 459. The predicted molar refractivity (Wildman–Crippen MR) is 42.8 cm³/mol. The number of hydrogen-bond acceptors (Lipinski definition) is 2. The molecule has 1 aromatic rings. The van der Waals surface area contributed by atoms with Crippen LogP contribution in [0.15, 0.2) is 0 Å². The number of halogens is 5. The van der Waals surface area contributed by atoms with Crippen LogP contribution in [0.2, 0.25) is 0 Å². The molecule has 4 nitrogen and oxygen atoms in total. The number of nitrogens with two attached hydrogens (primary N) is 2. The molecule has 0 saturated heterocycles. The van der Waals surface area contributed by atoms with E-state index in [9.17, 15) is 26.5 Å². The Hall–Kier alpha value is -1.18. The van der Waals surface area contributed by atoms with Gasteiger partial charge in [0.2, 0.25) is 34.8 Å². The molecule has 1 rings (SSSR count). The van der Waals surface area contributed by atoms with Gasteiger partial charge in [0.05, 0.1) is 0 Å². The van der Waals surface area contributed by atoms with Crippen LogP contribution in [0.25, 0.3) is 0 Å². The van der Waals surface area contributed by atoms with Crippen LogP contribution >= 0.6 is 7.67 Å². The van der Waals surface area contributed by atoms with Crippen LogP contribution < -0.4 is 15.5 Å². The maximum Gasteiger partial charge on any atom is 0.385 e. The van der Waals surface area contributed by atoms with Crippen molar-refractivity contribution in [1.82, 2.24) is 0 Å². The zero-order valence-electron chi connectivity index (χ0n) is 7.31. The highest BCUT2D eigenvalue weighted by Gasteiger charge is 2.29. The van der Waals surface area contributed by atoms with Crippen molar-refractivity contribution in [1.29, 1.82) is 0 Å². The average molecular weight is 262 g/mol. The molecular weight excluding hydrogens is 258 g/mol. The predicted octanol–water partition coefficient (Wildman–Crippen LogP) is 1.79. The molecule has 0 amide bonds. The minimum absolute atomic E-state index is 1.77. The molecule has 16 heavy (non-hydrogen) atoms. The van der Waals surface area contributed by atoms with Gasteiger partial charge in [-0.05, 0) is 0 Å². The first-order valence-corrected chi connectivity index (χ1v) is 5.29. The molecule has 0 atom stereocenters. The molecule has 0 aromatic heterocycles. The second kappa shape index (κ2) is 4.00. The third-order valence-corrected chi connectivity index (χ3v) is 1.87. The number of rotatable bonds is 2. The van der Waals surface area contributed by atoms with Crippen LogP contribution in [0, 0.1) is 29.1 Å². The van der Waals surface area contributed by atoms with Gasteiger partial charge in [0.25, 0.3) is 0 Å². The zero-order valence-corrected chi connectivity index (χ0v) is 8.20. The summed E-state index contributed by atoms with van der Waals surface area (Å²) in [5.74, 6) is -13.2. The molecule has 10 heteroatoms. The van der Waals surface area contributed by atoms with Crippen molar-refractivity contribution < 1.29 is 31.0 Å². The monoisotopic (exact) mass is 262 g/mol. The van der Waals surface area contributed by atoms with Crippen LogP contribution in [0.4, 0.5) is 22.0 Å². The van der Waals surface area contributed by atoms with E-state index < -0.39 is 42.5 Å². The van der Waals surface area contributed by atoms with E-state index in [1.54, 1.807) is 0 Å². The Morgan fingerprint density at radius 3 is 1.44 bits per heavy atom. The molecule has 4 N–H and O–H groups in total. The summed E-state index contributed by atoms with van der Waals surface area (Å²) in [6, 6.07) is 0. The van der Waals surface area contributed by atoms with Crippen molar-refractivity contribution in [3.05, 3.63) is 29.1 Å². The van der Waals surface area contributed by atoms with Crippen LogP contribution in [0.5, 0.6) is 5.75 Å². The second-order valence-electron chi connectivity index (χ2n) is 2.64. The minimum Gasteiger partial charge on any atom is -0.416 e. The smallest absolute Gasteiger partial charge is 0.385 e. The van der Waals surface area contributed by atoms with Crippen LogP contribution in [0.1, 0.15) is 0 Å². The number of hydrogen-bond donors (Lipinski definition) is 2. The minimum atomic E-state index is -4.43. The van der Waals surface area contributed by atoms with Crippen LogP contribution in [0.3, 0.4) is 0 Å². The first-order valence-electron chi connectivity index (χ1n) is 3.53. The maximum absolute atomic E-state index is 12.9. The summed E-state index contributed by atoms with van der Waals surface area (Å²) in [5, 5.41) is 0. The summed E-state index contributed by atoms with van der Waals surface area (Å²) >= 11 is 0. The molecule has 0 aliphatic carbocycles. The fraction of sp³-hybridized carbons (Fsp3) is 0. The van der Waals surface area contributed by atoms with E-state index in [-0.39, 0.29) is 0 Å². The fourth-order valence-electron chi connectivity index (χ4n) is 0.808. The van der Waals surface area contributed by atoms with Crippen molar-refractivity contribution in [3.63, 3.8) is 0 Å². The third kappa shape index (κ3) is 2.31. The van der Waals surface area contributed by atoms with E-state index in [4.69, 9.17) is 0 Å². The van der Waals surface area contributed by atoms with E-state index in [1.165, 1.54) is 0 Å². The molecule has 0 heterocycles. The summed E-state index contributed by atoms with van der Waals surface area (Å²) in [7, 11) is -4.43. The lowest BCUT2D eigenvalue weighted by molar-refractivity contribution is 0.346. The molecule has 0 spiro atoms. The Morgan fingerprint density at radius 2 is 1.12 bits per heavy atom. The van der Waals surface area contributed by atoms with Gasteiger partial charge in [0, 0.05) is 0 Å². The van der Waals surface area contributed by atoms with E-state index in [2.05, 4.69) is 15.5 Å². The Morgan fingerprint density at radius 1 is 0.812 bits per heavy atom. The first-order chi connectivity index (χ1) is 7.15. The van der Waals surface area contributed by atoms with Crippen molar-refractivity contribution in [2.45, 2.75) is 0 Å². The van der Waals surface area contributed by atoms with Crippen LogP contribution in [-0.4, -0.2) is 0 Å². The molecule has 0 saturated carbocycles. The second-order valence-corrected chi connectivity index (χ2v) is 4.11. The highest BCUT2D eigenvalue weighted by molar-refractivity contribution is 7.54. The summed E-state index contributed by atoms with van der Waals surface area (Å²) in [5.41, 5.74) is 9.17. The van der Waals surface area contributed by atoms with Crippen molar-refractivity contribution in [2.75, 3.05) is 0 Å². The Balaban J connectivity index is 3.46. The summed E-state index contributed by atoms with van der Waals surface area (Å²) in [6.07, 6.45) is 0. The van der Waals surface area contributed by atoms with Crippen LogP contribution in [-0.2, 0) is 4.57 Å². The SMILES string of the molecule is NP(N)(=O)Oc1c(F)c(F)c(F)c(F)c1F. The van der Waals surface area contributed by atoms with E-state index >= 15 is 0 Å². The van der Waals surface area contributed by atoms with Gasteiger partial charge in [-0.3, -0.25) is 0 Å². The first kappa shape index (κ1) is 12.9. The summed E-state index contributed by atoms with van der Waals surface area (Å²) < 4.78 is 77.8. The average Bonchev–Trinajstić information content (AvgIpc) is 2.17. The fourth-order valence-corrected chi connectivity index (χ4v) is 1.25. The molecule has 90 valence electrons. The van der Waals surface area contributed by atoms with Crippen molar-refractivity contribution >= 4 is 7.67 Å². The van der Waals surface area contributed by atoms with Crippen molar-refractivity contribution in [3.8, 4) is 5.75 Å². The molecule has 0 aliphatic rings. The quantitative estimate of drug-likeness (QED) is 0.368. The van der Waals surface area contributed by atoms with Gasteiger partial charge < -0.3 is 4.52 Å². The molecular formula is C6H4F5N2O2P. The topological polar surface area (TPSA) is 78.3 Å². The highest BCUT2D eigenvalue weighted by atomic mass is 31.2. The van der Waals surface area contributed by atoms with E-state index in [0.29, 0.717) is 0 Å². The van der Waals surface area contributed by atoms with Gasteiger partial charge in [-0.25, -0.2) is 28.7 Å². The highest BCUT2D eigenvalue weighted by Crippen LogP contribution is 2.37. The van der Waals surface area contributed by atoms with Crippen molar-refractivity contribution in [2.24, 2.45) is 11.0 Å². The maximum atomic E-state index is 12.9. The van der Waals surface area contributed by atoms with E-state index in [0.717, 1.165) is 0 Å². The standard InChI is InChI=1S/C6H4F5N2O2P/c7-1-2(8)4(10)6(5(11)3(1)9)15-16(12,13)14/h(H4,12,13,14). The molecule has 1 aromatic carbocycles. The van der Waals surface area contributed by atoms with Gasteiger partial charge in [0.1, 0.15) is 0 Å². The van der Waals surface area contributed by atoms with E-state index in [1.807, 2.05) is 0 Å². The van der Waals surface area contributed by atoms with Gasteiger partial charge in [0.15, 0.2) is 0 Å². The Kier molecular flexibility index (Phi) is 3.22. The molecule has 0 bridgehead atoms. The van der Waals surface area contributed by atoms with Gasteiger partial charge in [-0.15, -0.1) is 0 Å². The van der Waals surface area contributed by atoms with Gasteiger partial charge in [-0.1, -0.05) is 0 Å². The lowest BCUT2D eigenvalue weighted by atomic mass is 10.3. The zero-order chi connectivity index (χ0) is 12.7. The Labute approximate surface area is 85.5 Å². The normalized spacial score (nSPS) is 11.7. The number of benzene rings is 1. The lowest BCUT2D eigenvalue weighted by Crippen LogP contribution is -2.14. The van der Waals surface area contributed by atoms with Gasteiger partial charge in [-0.2, -0.15) is 8.78 Å². The third-order valence-electron chi connectivity index (χ3n) is 1.40. The molecule has 0 fully saturated rings. The molecule has 0 aliphatic heterocycles. The lowest BCUT2D eigenvalue weighted by Gasteiger charge is -2.11.